The molecule has 0 saturated carbocycles. The van der Waals surface area contributed by atoms with Gasteiger partial charge in [-0.25, -0.2) is 4.79 Å². The van der Waals surface area contributed by atoms with Crippen molar-refractivity contribution in [3.05, 3.63) is 29.3 Å². The summed E-state index contributed by atoms with van der Waals surface area (Å²) in [6.45, 7) is 1.57. The molecule has 19 heavy (non-hydrogen) atoms. The number of ether oxygens (including phenoxy) is 3. The Balaban J connectivity index is 3.24. The molecule has 0 aromatic heterocycles. The Morgan fingerprint density at radius 2 is 2.11 bits per heavy atom. The lowest BCUT2D eigenvalue weighted by Gasteiger charge is -2.12. The molecule has 5 heteroatoms. The number of nitrogens with zero attached hydrogens (tertiary/aromatic N) is 1. The van der Waals surface area contributed by atoms with Crippen molar-refractivity contribution in [3.63, 3.8) is 0 Å². The van der Waals surface area contributed by atoms with Gasteiger partial charge in [-0.2, -0.15) is 5.26 Å². The van der Waals surface area contributed by atoms with E-state index in [0.29, 0.717) is 22.6 Å². The second kappa shape index (κ2) is 7.07. The minimum Gasteiger partial charge on any atom is -0.493 e. The van der Waals surface area contributed by atoms with Crippen LogP contribution in [0.2, 0.25) is 0 Å². The van der Waals surface area contributed by atoms with E-state index in [4.69, 9.17) is 19.5 Å². The van der Waals surface area contributed by atoms with Gasteiger partial charge in [0.05, 0.1) is 19.8 Å². The molecule has 1 aromatic rings. The SMILES string of the molecule is C/C=C/c1cc(C(=O)OCC#N)cc(OC)c1OC. The van der Waals surface area contributed by atoms with Gasteiger partial charge in [0.1, 0.15) is 6.07 Å². The van der Waals surface area contributed by atoms with Crippen LogP contribution in [0.15, 0.2) is 18.2 Å². The fourth-order valence-corrected chi connectivity index (χ4v) is 1.60. The third-order valence-electron chi connectivity index (χ3n) is 2.36. The smallest absolute Gasteiger partial charge is 0.339 e. The third-order valence-corrected chi connectivity index (χ3v) is 2.36. The van der Waals surface area contributed by atoms with E-state index in [1.165, 1.54) is 20.3 Å². The first-order chi connectivity index (χ1) is 9.17. The van der Waals surface area contributed by atoms with Crippen LogP contribution in [0.25, 0.3) is 6.08 Å². The summed E-state index contributed by atoms with van der Waals surface area (Å²) >= 11 is 0. The Hall–Kier alpha value is -2.48. The van der Waals surface area contributed by atoms with Crippen molar-refractivity contribution in [1.29, 1.82) is 5.26 Å². The van der Waals surface area contributed by atoms with Gasteiger partial charge < -0.3 is 14.2 Å². The highest BCUT2D eigenvalue weighted by Crippen LogP contribution is 2.33. The first-order valence-electron chi connectivity index (χ1n) is 5.60. The van der Waals surface area contributed by atoms with Gasteiger partial charge in [0.25, 0.3) is 0 Å². The molecule has 0 heterocycles. The van der Waals surface area contributed by atoms with Gasteiger partial charge >= 0.3 is 5.97 Å². The molecule has 0 spiro atoms. The summed E-state index contributed by atoms with van der Waals surface area (Å²) in [5.41, 5.74) is 1.01. The van der Waals surface area contributed by atoms with E-state index in [2.05, 4.69) is 0 Å². The maximum atomic E-state index is 11.7. The molecule has 0 bridgehead atoms. The first kappa shape index (κ1) is 14.6. The van der Waals surface area contributed by atoms with E-state index < -0.39 is 5.97 Å². The van der Waals surface area contributed by atoms with Crippen molar-refractivity contribution >= 4 is 12.0 Å². The highest BCUT2D eigenvalue weighted by atomic mass is 16.5. The number of hydrogen-bond acceptors (Lipinski definition) is 5. The van der Waals surface area contributed by atoms with E-state index in [1.807, 2.05) is 13.0 Å². The van der Waals surface area contributed by atoms with Crippen molar-refractivity contribution in [2.75, 3.05) is 20.8 Å². The largest absolute Gasteiger partial charge is 0.493 e. The van der Waals surface area contributed by atoms with Gasteiger partial charge in [-0.15, -0.1) is 0 Å². The molecule has 0 radical (unpaired) electrons. The third kappa shape index (κ3) is 3.49. The number of hydrogen-bond donors (Lipinski definition) is 0. The molecule has 0 aliphatic carbocycles. The molecule has 0 fully saturated rings. The predicted octanol–water partition coefficient (Wildman–Crippen LogP) is 2.42. The van der Waals surface area contributed by atoms with E-state index in [-0.39, 0.29) is 6.61 Å². The minimum absolute atomic E-state index is 0.286. The Bertz CT molecular complexity index is 529. The maximum absolute atomic E-state index is 11.7. The molecule has 0 saturated heterocycles. The number of rotatable bonds is 5. The molecule has 0 N–H and O–H groups in total. The Kier molecular flexibility index (Phi) is 5.42. The first-order valence-corrected chi connectivity index (χ1v) is 5.60. The second-order valence-corrected chi connectivity index (χ2v) is 3.54. The second-order valence-electron chi connectivity index (χ2n) is 3.54. The average molecular weight is 261 g/mol. The normalized spacial score (nSPS) is 10.0. The Morgan fingerprint density at radius 3 is 2.63 bits per heavy atom. The van der Waals surface area contributed by atoms with Crippen molar-refractivity contribution in [2.24, 2.45) is 0 Å². The van der Waals surface area contributed by atoms with Crippen molar-refractivity contribution in [1.82, 2.24) is 0 Å². The molecule has 0 unspecified atom stereocenters. The highest BCUT2D eigenvalue weighted by molar-refractivity contribution is 5.91. The molecule has 100 valence electrons. The number of nitriles is 1. The minimum atomic E-state index is -0.576. The summed E-state index contributed by atoms with van der Waals surface area (Å²) in [5, 5.41) is 8.40. The molecule has 0 amide bonds. The van der Waals surface area contributed by atoms with Gasteiger partial charge in [0.15, 0.2) is 18.1 Å². The fourth-order valence-electron chi connectivity index (χ4n) is 1.60. The van der Waals surface area contributed by atoms with Crippen LogP contribution in [0.1, 0.15) is 22.8 Å². The van der Waals surface area contributed by atoms with Gasteiger partial charge in [-0.05, 0) is 19.1 Å². The van der Waals surface area contributed by atoms with Gasteiger partial charge in [0, 0.05) is 5.56 Å². The lowest BCUT2D eigenvalue weighted by atomic mass is 10.1. The number of carbonyl (C=O) groups is 1. The number of benzene rings is 1. The molecular formula is C14H15NO4. The zero-order valence-corrected chi connectivity index (χ0v) is 11.1. The number of esters is 1. The summed E-state index contributed by atoms with van der Waals surface area (Å²) in [6, 6.07) is 4.89. The van der Waals surface area contributed by atoms with E-state index >= 15 is 0 Å². The molecule has 0 aliphatic heterocycles. The number of methoxy groups -OCH3 is 2. The van der Waals surface area contributed by atoms with E-state index in [9.17, 15) is 4.79 Å². The Labute approximate surface area is 112 Å². The molecule has 1 aromatic carbocycles. The molecule has 5 nitrogen and oxygen atoms in total. The highest BCUT2D eigenvalue weighted by Gasteiger charge is 2.15. The summed E-state index contributed by atoms with van der Waals surface area (Å²) in [6.07, 6.45) is 3.62. The summed E-state index contributed by atoms with van der Waals surface area (Å²) < 4.78 is 15.2. The Morgan fingerprint density at radius 1 is 1.37 bits per heavy atom. The molecule has 1 rings (SSSR count). The van der Waals surface area contributed by atoms with E-state index in [0.717, 1.165) is 0 Å². The summed E-state index contributed by atoms with van der Waals surface area (Å²) in [7, 11) is 3.01. The van der Waals surface area contributed by atoms with Crippen LogP contribution < -0.4 is 9.47 Å². The van der Waals surface area contributed by atoms with Gasteiger partial charge in [-0.3, -0.25) is 0 Å². The standard InChI is InChI=1S/C14H15NO4/c1-4-5-10-8-11(14(16)19-7-6-15)9-12(17-2)13(10)18-3/h4-5,8-9H,7H2,1-3H3/b5-4+. The zero-order chi connectivity index (χ0) is 14.3. The van der Waals surface area contributed by atoms with Gasteiger partial charge in [-0.1, -0.05) is 12.2 Å². The summed E-state index contributed by atoms with van der Waals surface area (Å²) in [4.78, 5) is 11.7. The van der Waals surface area contributed by atoms with Crippen LogP contribution in [-0.4, -0.2) is 26.8 Å². The van der Waals surface area contributed by atoms with Crippen LogP contribution in [0.4, 0.5) is 0 Å². The monoisotopic (exact) mass is 261 g/mol. The lowest BCUT2D eigenvalue weighted by Crippen LogP contribution is -2.06. The molecule has 0 aliphatic rings. The zero-order valence-electron chi connectivity index (χ0n) is 11.1. The van der Waals surface area contributed by atoms with Crippen LogP contribution in [-0.2, 0) is 4.74 Å². The summed E-state index contributed by atoms with van der Waals surface area (Å²) in [5.74, 6) is 0.396. The van der Waals surface area contributed by atoms with Crippen molar-refractivity contribution in [2.45, 2.75) is 6.92 Å². The van der Waals surface area contributed by atoms with Gasteiger partial charge in [0.2, 0.25) is 0 Å². The average Bonchev–Trinajstić information content (AvgIpc) is 2.44. The lowest BCUT2D eigenvalue weighted by molar-refractivity contribution is 0.0554. The molecule has 0 atom stereocenters. The quantitative estimate of drug-likeness (QED) is 0.761. The number of allylic oxidation sites excluding steroid dienone is 1. The van der Waals surface area contributed by atoms with Crippen molar-refractivity contribution in [3.8, 4) is 17.6 Å². The van der Waals surface area contributed by atoms with Crippen LogP contribution in [0.5, 0.6) is 11.5 Å². The van der Waals surface area contributed by atoms with Crippen LogP contribution in [0.3, 0.4) is 0 Å². The van der Waals surface area contributed by atoms with E-state index in [1.54, 1.807) is 18.2 Å². The number of carbonyl (C=O) groups excluding carboxylic acids is 1. The maximum Gasteiger partial charge on any atom is 0.339 e. The van der Waals surface area contributed by atoms with Crippen LogP contribution in [0, 0.1) is 11.3 Å². The van der Waals surface area contributed by atoms with Crippen molar-refractivity contribution < 1.29 is 19.0 Å². The predicted molar refractivity (Wildman–Crippen MR) is 70.1 cm³/mol. The van der Waals surface area contributed by atoms with Crippen LogP contribution >= 0.6 is 0 Å². The topological polar surface area (TPSA) is 68.6 Å². The fraction of sp³-hybridized carbons (Fsp3) is 0.286. The molecular weight excluding hydrogens is 246 g/mol.